The van der Waals surface area contributed by atoms with Crippen molar-refractivity contribution in [2.75, 3.05) is 31.1 Å². The number of piperidine rings is 1. The molecule has 2 aliphatic rings. The second-order valence-electron chi connectivity index (χ2n) is 9.42. The smallest absolute Gasteiger partial charge is 0.331 e. The fourth-order valence-corrected chi connectivity index (χ4v) is 5.86. The molecule has 0 radical (unpaired) electrons. The van der Waals surface area contributed by atoms with E-state index in [4.69, 9.17) is 14.7 Å². The van der Waals surface area contributed by atoms with Crippen LogP contribution in [0.15, 0.2) is 59.6 Å². The van der Waals surface area contributed by atoms with Gasteiger partial charge in [-0.05, 0) is 44.0 Å². The summed E-state index contributed by atoms with van der Waals surface area (Å²) in [6, 6.07) is 12.6. The minimum atomic E-state index is -4.01. The summed E-state index contributed by atoms with van der Waals surface area (Å²) in [5.74, 6) is 0.811. The molecule has 1 fully saturated rings. The summed E-state index contributed by atoms with van der Waals surface area (Å²) in [5.41, 5.74) is 2.20. The number of esters is 1. The molecule has 2 amide bonds. The number of ether oxygens (including phenoxy) is 1. The first-order valence-electron chi connectivity index (χ1n) is 12.9. The largest absolute Gasteiger partial charge is 0.466 e. The number of carbonyl (C=O) groups is 2. The van der Waals surface area contributed by atoms with Gasteiger partial charge in [-0.15, -0.1) is 0 Å². The highest BCUT2D eigenvalue weighted by Gasteiger charge is 2.33. The highest BCUT2D eigenvalue weighted by atomic mass is 32.2. The van der Waals surface area contributed by atoms with Crippen molar-refractivity contribution in [3.63, 3.8) is 0 Å². The van der Waals surface area contributed by atoms with Crippen LogP contribution in [-0.2, 0) is 32.5 Å². The Labute approximate surface area is 227 Å². The first-order valence-corrected chi connectivity index (χ1v) is 14.4. The highest BCUT2D eigenvalue weighted by molar-refractivity contribution is 7.90. The van der Waals surface area contributed by atoms with Gasteiger partial charge in [0.1, 0.15) is 11.5 Å². The molecule has 12 heteroatoms. The summed E-state index contributed by atoms with van der Waals surface area (Å²) in [4.78, 5) is 43.0. The Balaban J connectivity index is 1.41. The molecule has 3 aromatic rings. The normalized spacial score (nSPS) is 15.9. The minimum Gasteiger partial charge on any atom is -0.466 e. The quantitative estimate of drug-likeness (QED) is 0.460. The van der Waals surface area contributed by atoms with E-state index in [1.165, 1.54) is 17.0 Å². The van der Waals surface area contributed by atoms with Crippen LogP contribution < -0.4 is 9.62 Å². The van der Waals surface area contributed by atoms with Crippen molar-refractivity contribution in [3.05, 3.63) is 66.0 Å². The van der Waals surface area contributed by atoms with Crippen LogP contribution in [-0.4, -0.2) is 66.5 Å². The van der Waals surface area contributed by atoms with E-state index in [0.717, 1.165) is 11.3 Å². The van der Waals surface area contributed by atoms with E-state index in [1.54, 1.807) is 31.3 Å². The van der Waals surface area contributed by atoms with E-state index in [9.17, 15) is 18.0 Å². The van der Waals surface area contributed by atoms with Gasteiger partial charge >= 0.3 is 12.0 Å². The molecule has 1 saturated heterocycles. The number of carbonyl (C=O) groups excluding carboxylic acids is 2. The fourth-order valence-electron chi connectivity index (χ4n) is 4.87. The van der Waals surface area contributed by atoms with Crippen LogP contribution in [0.25, 0.3) is 11.5 Å². The Morgan fingerprint density at radius 1 is 1.03 bits per heavy atom. The van der Waals surface area contributed by atoms with Crippen LogP contribution in [0.1, 0.15) is 31.0 Å². The van der Waals surface area contributed by atoms with Crippen LogP contribution in [0, 0.1) is 5.92 Å². The molecular formula is C27H30N6O5S. The number of hydrogen-bond donors (Lipinski definition) is 1. The molecular weight excluding hydrogens is 520 g/mol. The molecule has 2 aromatic heterocycles. The standard InChI is InChI=1S/C27H30N6O5S/c1-2-38-26(34)19-11-15-32(16-12-19)25-21-18-33(27(35)31-39(36,37)20-8-4-3-5-9-20)17-13-22(21)29-24(30-25)23-10-6-7-14-28-23/h3-10,14,19H,2,11-13,15-18H2,1H3,(H,31,35). The van der Waals surface area contributed by atoms with Gasteiger partial charge in [0.2, 0.25) is 0 Å². The monoisotopic (exact) mass is 550 g/mol. The summed E-state index contributed by atoms with van der Waals surface area (Å²) >= 11 is 0. The van der Waals surface area contributed by atoms with E-state index in [2.05, 4.69) is 14.6 Å². The average Bonchev–Trinajstić information content (AvgIpc) is 2.97. The molecule has 0 atom stereocenters. The van der Waals surface area contributed by atoms with Crippen LogP contribution >= 0.6 is 0 Å². The lowest BCUT2D eigenvalue weighted by molar-refractivity contribution is -0.148. The predicted octanol–water partition coefficient (Wildman–Crippen LogP) is 2.77. The molecule has 0 saturated carbocycles. The maximum Gasteiger partial charge on any atom is 0.331 e. The number of aromatic nitrogens is 3. The molecule has 39 heavy (non-hydrogen) atoms. The minimum absolute atomic E-state index is 0.0178. The molecule has 1 N–H and O–H groups in total. The second kappa shape index (κ2) is 11.4. The highest BCUT2D eigenvalue weighted by Crippen LogP contribution is 2.32. The number of benzene rings is 1. The number of fused-ring (bicyclic) bond motifs is 1. The number of rotatable bonds is 6. The number of amides is 2. The number of urea groups is 1. The number of pyridine rings is 1. The van der Waals surface area contributed by atoms with E-state index >= 15 is 0 Å². The third-order valence-electron chi connectivity index (χ3n) is 6.91. The van der Waals surface area contributed by atoms with Crippen molar-refractivity contribution in [1.29, 1.82) is 0 Å². The van der Waals surface area contributed by atoms with Gasteiger partial charge in [-0.2, -0.15) is 0 Å². The van der Waals surface area contributed by atoms with Crippen molar-refractivity contribution in [2.24, 2.45) is 5.92 Å². The molecule has 11 nitrogen and oxygen atoms in total. The number of nitrogens with zero attached hydrogens (tertiary/aromatic N) is 5. The summed E-state index contributed by atoms with van der Waals surface area (Å²) in [6.07, 6.45) is 3.36. The summed E-state index contributed by atoms with van der Waals surface area (Å²) in [7, 11) is -4.01. The molecule has 204 valence electrons. The van der Waals surface area contributed by atoms with E-state index in [0.29, 0.717) is 62.8 Å². The Kier molecular flexibility index (Phi) is 7.73. The molecule has 0 aliphatic carbocycles. The van der Waals surface area contributed by atoms with Gasteiger partial charge in [0.05, 0.1) is 29.7 Å². The lowest BCUT2D eigenvalue weighted by Crippen LogP contribution is -2.46. The van der Waals surface area contributed by atoms with Gasteiger partial charge in [0, 0.05) is 37.8 Å². The third kappa shape index (κ3) is 5.85. The zero-order chi connectivity index (χ0) is 27.4. The van der Waals surface area contributed by atoms with E-state index < -0.39 is 16.1 Å². The van der Waals surface area contributed by atoms with Crippen molar-refractivity contribution in [2.45, 2.75) is 37.6 Å². The molecule has 0 bridgehead atoms. The summed E-state index contributed by atoms with van der Waals surface area (Å²) in [5, 5.41) is 0. The number of hydrogen-bond acceptors (Lipinski definition) is 9. The Morgan fingerprint density at radius 3 is 2.46 bits per heavy atom. The van der Waals surface area contributed by atoms with Crippen LogP contribution in [0.4, 0.5) is 10.6 Å². The van der Waals surface area contributed by atoms with E-state index in [-0.39, 0.29) is 23.3 Å². The topological polar surface area (TPSA) is 135 Å². The van der Waals surface area contributed by atoms with Gasteiger partial charge in [-0.1, -0.05) is 24.3 Å². The first kappa shape index (κ1) is 26.5. The Hall–Kier alpha value is -4.06. The lowest BCUT2D eigenvalue weighted by Gasteiger charge is -2.36. The zero-order valence-corrected chi connectivity index (χ0v) is 22.4. The number of anilines is 1. The van der Waals surface area contributed by atoms with Crippen LogP contribution in [0.2, 0.25) is 0 Å². The van der Waals surface area contributed by atoms with Crippen LogP contribution in [0.5, 0.6) is 0 Å². The van der Waals surface area contributed by atoms with E-state index in [1.807, 2.05) is 18.2 Å². The average molecular weight is 551 g/mol. The van der Waals surface area contributed by atoms with Gasteiger partial charge in [0.15, 0.2) is 5.82 Å². The third-order valence-corrected chi connectivity index (χ3v) is 8.25. The van der Waals surface area contributed by atoms with Crippen molar-refractivity contribution >= 4 is 27.8 Å². The molecule has 2 aliphatic heterocycles. The van der Waals surface area contributed by atoms with Gasteiger partial charge in [-0.25, -0.2) is 27.9 Å². The summed E-state index contributed by atoms with van der Waals surface area (Å²) in [6.45, 7) is 3.77. The maximum atomic E-state index is 13.1. The fraction of sp³-hybridized carbons (Fsp3) is 0.370. The molecule has 1 aromatic carbocycles. The van der Waals surface area contributed by atoms with Gasteiger partial charge < -0.3 is 14.5 Å². The zero-order valence-electron chi connectivity index (χ0n) is 21.6. The number of sulfonamides is 1. The van der Waals surface area contributed by atoms with Crippen molar-refractivity contribution < 1.29 is 22.7 Å². The Morgan fingerprint density at radius 2 is 1.77 bits per heavy atom. The SMILES string of the molecule is CCOC(=O)C1CCN(c2nc(-c3ccccn3)nc3c2CN(C(=O)NS(=O)(=O)c2ccccc2)CC3)CC1. The molecule has 0 unspecified atom stereocenters. The molecule has 4 heterocycles. The lowest BCUT2D eigenvalue weighted by atomic mass is 9.96. The Bertz CT molecular complexity index is 1440. The molecule has 0 spiro atoms. The maximum absolute atomic E-state index is 13.1. The first-order chi connectivity index (χ1) is 18.9. The van der Waals surface area contributed by atoms with Crippen molar-refractivity contribution in [1.82, 2.24) is 24.6 Å². The van der Waals surface area contributed by atoms with Gasteiger partial charge in [0.25, 0.3) is 10.0 Å². The van der Waals surface area contributed by atoms with Crippen LogP contribution in [0.3, 0.4) is 0 Å². The summed E-state index contributed by atoms with van der Waals surface area (Å²) < 4.78 is 32.9. The molecule has 5 rings (SSSR count). The number of nitrogens with one attached hydrogen (secondary N) is 1. The second-order valence-corrected chi connectivity index (χ2v) is 11.1. The predicted molar refractivity (Wildman–Crippen MR) is 143 cm³/mol. The van der Waals surface area contributed by atoms with Gasteiger partial charge in [-0.3, -0.25) is 9.78 Å². The van der Waals surface area contributed by atoms with Crippen molar-refractivity contribution in [3.8, 4) is 11.5 Å².